The van der Waals surface area contributed by atoms with Crippen LogP contribution in [0.25, 0.3) is 10.2 Å². The lowest BCUT2D eigenvalue weighted by molar-refractivity contribution is -0.143. The number of hydrogen-bond donors (Lipinski definition) is 0. The maximum absolute atomic E-state index is 11.8. The van der Waals surface area contributed by atoms with Crippen molar-refractivity contribution in [2.75, 3.05) is 6.61 Å². The van der Waals surface area contributed by atoms with Crippen LogP contribution in [0.4, 0.5) is 0 Å². The number of carbonyl (C=O) groups is 1. The van der Waals surface area contributed by atoms with Crippen LogP contribution in [0.15, 0.2) is 29.8 Å². The minimum Gasteiger partial charge on any atom is -0.465 e. The molecule has 2 aromatic heterocycles. The maximum atomic E-state index is 11.8. The van der Waals surface area contributed by atoms with E-state index in [1.165, 1.54) is 4.88 Å². The molecule has 114 valence electrons. The molecule has 0 bridgehead atoms. The van der Waals surface area contributed by atoms with Crippen molar-refractivity contribution in [2.45, 2.75) is 26.2 Å². The van der Waals surface area contributed by atoms with Gasteiger partial charge in [0.25, 0.3) is 0 Å². The van der Waals surface area contributed by atoms with Crippen molar-refractivity contribution in [3.8, 4) is 0 Å². The minimum absolute atomic E-state index is 0.165. The number of rotatable bonds is 6. The van der Waals surface area contributed by atoms with Crippen molar-refractivity contribution in [2.24, 2.45) is 0 Å². The van der Waals surface area contributed by atoms with Crippen molar-refractivity contribution >= 4 is 38.9 Å². The zero-order chi connectivity index (χ0) is 15.4. The lowest BCUT2D eigenvalue weighted by atomic mass is 10.3. The first-order valence-corrected chi connectivity index (χ1v) is 8.81. The van der Waals surface area contributed by atoms with Crippen LogP contribution in [-0.2, 0) is 22.4 Å². The van der Waals surface area contributed by atoms with E-state index in [0.717, 1.165) is 27.3 Å². The first-order chi connectivity index (χ1) is 10.7. The second-order valence-electron chi connectivity index (χ2n) is 4.91. The highest BCUT2D eigenvalue weighted by Gasteiger charge is 2.09. The van der Waals surface area contributed by atoms with E-state index in [0.29, 0.717) is 19.4 Å². The fourth-order valence-electron chi connectivity index (χ4n) is 2.13. The van der Waals surface area contributed by atoms with Crippen LogP contribution in [0.5, 0.6) is 0 Å². The molecule has 0 saturated heterocycles. The molecular formula is C16H16N2O2S2. The molecule has 0 unspecified atom stereocenters. The third-order valence-electron chi connectivity index (χ3n) is 3.32. The summed E-state index contributed by atoms with van der Waals surface area (Å²) in [6.07, 6.45) is 1.75. The maximum Gasteiger partial charge on any atom is 0.306 e. The molecule has 0 saturated carbocycles. The van der Waals surface area contributed by atoms with Gasteiger partial charge in [-0.3, -0.25) is 4.79 Å². The summed E-state index contributed by atoms with van der Waals surface area (Å²) in [4.78, 5) is 21.7. The van der Waals surface area contributed by atoms with E-state index in [1.807, 2.05) is 36.7 Å². The van der Waals surface area contributed by atoms with Gasteiger partial charge in [0, 0.05) is 17.7 Å². The fraction of sp³-hybridized carbons (Fsp3) is 0.312. The van der Waals surface area contributed by atoms with Gasteiger partial charge in [-0.05, 0) is 19.1 Å². The highest BCUT2D eigenvalue weighted by Crippen LogP contribution is 2.22. The number of hydrogen-bond acceptors (Lipinski definition) is 6. The van der Waals surface area contributed by atoms with Crippen LogP contribution in [0.2, 0.25) is 0 Å². The van der Waals surface area contributed by atoms with Crippen molar-refractivity contribution in [3.05, 3.63) is 45.4 Å². The number of ether oxygens (including phenoxy) is 1. The topological polar surface area (TPSA) is 52.1 Å². The number of carbonyl (C=O) groups excluding carboxylic acids is 1. The van der Waals surface area contributed by atoms with Gasteiger partial charge in [-0.1, -0.05) is 12.1 Å². The summed E-state index contributed by atoms with van der Waals surface area (Å²) >= 11 is 3.24. The number of thiazole rings is 2. The van der Waals surface area contributed by atoms with Gasteiger partial charge in [0.2, 0.25) is 0 Å². The van der Waals surface area contributed by atoms with Crippen LogP contribution in [0, 0.1) is 6.92 Å². The molecule has 3 rings (SSSR count). The Kier molecular flexibility index (Phi) is 4.80. The van der Waals surface area contributed by atoms with Gasteiger partial charge in [0.05, 0.1) is 39.5 Å². The third kappa shape index (κ3) is 3.69. The number of aromatic nitrogens is 2. The molecule has 0 spiro atoms. The second-order valence-corrected chi connectivity index (χ2v) is 6.96. The fourth-order valence-corrected chi connectivity index (χ4v) is 3.86. The molecule has 0 radical (unpaired) electrons. The quantitative estimate of drug-likeness (QED) is 0.645. The molecule has 22 heavy (non-hydrogen) atoms. The average Bonchev–Trinajstić information content (AvgIpc) is 3.11. The number of aryl methyl sites for hydroxylation is 2. The zero-order valence-corrected chi connectivity index (χ0v) is 13.9. The van der Waals surface area contributed by atoms with Gasteiger partial charge in [-0.15, -0.1) is 22.7 Å². The third-order valence-corrected chi connectivity index (χ3v) is 5.41. The summed E-state index contributed by atoms with van der Waals surface area (Å²) in [6, 6.07) is 8.01. The van der Waals surface area contributed by atoms with E-state index in [-0.39, 0.29) is 5.97 Å². The molecule has 0 aliphatic carbocycles. The molecule has 0 fully saturated rings. The summed E-state index contributed by atoms with van der Waals surface area (Å²) in [5.74, 6) is -0.165. The monoisotopic (exact) mass is 332 g/mol. The molecule has 0 amide bonds. The van der Waals surface area contributed by atoms with Crippen LogP contribution < -0.4 is 0 Å². The van der Waals surface area contributed by atoms with Gasteiger partial charge in [-0.25, -0.2) is 9.97 Å². The number of para-hydroxylation sites is 1. The highest BCUT2D eigenvalue weighted by atomic mass is 32.1. The average molecular weight is 332 g/mol. The van der Waals surface area contributed by atoms with E-state index < -0.39 is 0 Å². The van der Waals surface area contributed by atoms with Crippen molar-refractivity contribution in [3.63, 3.8) is 0 Å². The van der Waals surface area contributed by atoms with E-state index >= 15 is 0 Å². The van der Waals surface area contributed by atoms with E-state index in [1.54, 1.807) is 22.7 Å². The van der Waals surface area contributed by atoms with Crippen LogP contribution in [-0.4, -0.2) is 22.5 Å². The molecule has 2 heterocycles. The Bertz CT molecular complexity index is 746. The van der Waals surface area contributed by atoms with Crippen LogP contribution >= 0.6 is 22.7 Å². The summed E-state index contributed by atoms with van der Waals surface area (Å²) in [6.45, 7) is 2.39. The second kappa shape index (κ2) is 6.98. The predicted octanol–water partition coefficient (Wildman–Crippen LogP) is 3.78. The van der Waals surface area contributed by atoms with E-state index in [9.17, 15) is 4.79 Å². The van der Waals surface area contributed by atoms with Crippen LogP contribution in [0.3, 0.4) is 0 Å². The molecule has 3 aromatic rings. The summed E-state index contributed by atoms with van der Waals surface area (Å²) < 4.78 is 6.44. The lowest BCUT2D eigenvalue weighted by Crippen LogP contribution is -2.08. The molecule has 4 nitrogen and oxygen atoms in total. The highest BCUT2D eigenvalue weighted by molar-refractivity contribution is 7.18. The predicted molar refractivity (Wildman–Crippen MR) is 89.5 cm³/mol. The van der Waals surface area contributed by atoms with Gasteiger partial charge < -0.3 is 4.74 Å². The van der Waals surface area contributed by atoms with E-state index in [2.05, 4.69) is 9.97 Å². The first-order valence-electron chi connectivity index (χ1n) is 7.11. The van der Waals surface area contributed by atoms with Gasteiger partial charge in [0.1, 0.15) is 0 Å². The molecule has 0 atom stereocenters. The molecule has 0 aliphatic heterocycles. The van der Waals surface area contributed by atoms with Crippen LogP contribution in [0.1, 0.15) is 22.0 Å². The Morgan fingerprint density at radius 1 is 1.27 bits per heavy atom. The van der Waals surface area contributed by atoms with Crippen molar-refractivity contribution < 1.29 is 9.53 Å². The van der Waals surface area contributed by atoms with Gasteiger partial charge in [0.15, 0.2) is 0 Å². The molecule has 0 N–H and O–H groups in total. The Balaban J connectivity index is 1.45. The number of fused-ring (bicyclic) bond motifs is 1. The van der Waals surface area contributed by atoms with Crippen molar-refractivity contribution in [1.82, 2.24) is 9.97 Å². The summed E-state index contributed by atoms with van der Waals surface area (Å²) in [7, 11) is 0. The van der Waals surface area contributed by atoms with Gasteiger partial charge in [-0.2, -0.15) is 0 Å². The largest absolute Gasteiger partial charge is 0.465 e. The Morgan fingerprint density at radius 2 is 2.14 bits per heavy atom. The SMILES string of the molecule is Cc1ncsc1CCOC(=O)CCc1nc2ccccc2s1. The number of nitrogens with zero attached hydrogens (tertiary/aromatic N) is 2. The standard InChI is InChI=1S/C16H16N2O2S2/c1-11-13(21-10-17-11)8-9-20-16(19)7-6-15-18-12-4-2-3-5-14(12)22-15/h2-5,10H,6-9H2,1H3. The number of esters is 1. The van der Waals surface area contributed by atoms with E-state index in [4.69, 9.17) is 4.74 Å². The summed E-state index contributed by atoms with van der Waals surface area (Å²) in [5.41, 5.74) is 3.84. The Hall–Kier alpha value is -1.79. The molecular weight excluding hydrogens is 316 g/mol. The Morgan fingerprint density at radius 3 is 2.91 bits per heavy atom. The zero-order valence-electron chi connectivity index (χ0n) is 12.2. The molecule has 1 aromatic carbocycles. The smallest absolute Gasteiger partial charge is 0.306 e. The Labute approximate surface area is 136 Å². The summed E-state index contributed by atoms with van der Waals surface area (Å²) in [5, 5.41) is 0.983. The lowest BCUT2D eigenvalue weighted by Gasteiger charge is -2.03. The first kappa shape index (κ1) is 15.1. The minimum atomic E-state index is -0.165. The normalized spacial score (nSPS) is 11.0. The number of benzene rings is 1. The van der Waals surface area contributed by atoms with Gasteiger partial charge >= 0.3 is 5.97 Å². The molecule has 6 heteroatoms. The molecule has 0 aliphatic rings. The van der Waals surface area contributed by atoms with Crippen molar-refractivity contribution in [1.29, 1.82) is 0 Å².